The first-order chi connectivity index (χ1) is 14.3. The Labute approximate surface area is 197 Å². The van der Waals surface area contributed by atoms with Gasteiger partial charge in [-0.2, -0.15) is 0 Å². The zero-order valence-electron chi connectivity index (χ0n) is 18.3. The first-order valence-electron chi connectivity index (χ1n) is 10.8. The number of methoxy groups -OCH3 is 1. The number of amides is 1. The number of hydrogen-bond acceptors (Lipinski definition) is 4. The van der Waals surface area contributed by atoms with Gasteiger partial charge in [0.05, 0.1) is 12.6 Å². The van der Waals surface area contributed by atoms with E-state index in [0.717, 1.165) is 57.8 Å². The van der Waals surface area contributed by atoms with Crippen LogP contribution in [-0.4, -0.2) is 48.5 Å². The molecule has 0 aromatic rings. The summed E-state index contributed by atoms with van der Waals surface area (Å²) in [5.41, 5.74) is 0. The molecule has 0 aliphatic heterocycles. The maximum absolute atomic E-state index is 12.0. The number of nitrogens with one attached hydrogen (secondary N) is 1. The first kappa shape index (κ1) is 29.5. The molecule has 2 unspecified atom stereocenters. The van der Waals surface area contributed by atoms with Crippen LogP contribution >= 0.6 is 34.8 Å². The Morgan fingerprint density at radius 1 is 0.900 bits per heavy atom. The van der Waals surface area contributed by atoms with Crippen LogP contribution in [0.1, 0.15) is 77.6 Å². The maximum atomic E-state index is 12.0. The van der Waals surface area contributed by atoms with Crippen LogP contribution in [-0.2, 0) is 19.1 Å². The summed E-state index contributed by atoms with van der Waals surface area (Å²) in [6.45, 7) is 1.76. The molecule has 176 valence electrons. The molecule has 0 aliphatic rings. The summed E-state index contributed by atoms with van der Waals surface area (Å²) in [7, 11) is 1.54. The van der Waals surface area contributed by atoms with Gasteiger partial charge < -0.3 is 14.8 Å². The molecule has 0 aliphatic carbocycles. The van der Waals surface area contributed by atoms with Crippen molar-refractivity contribution < 1.29 is 19.1 Å². The van der Waals surface area contributed by atoms with E-state index in [-0.39, 0.29) is 34.7 Å². The van der Waals surface area contributed by atoms with Gasteiger partial charge in [0.2, 0.25) is 5.91 Å². The zero-order chi connectivity index (χ0) is 22.6. The lowest BCUT2D eigenvalue weighted by molar-refractivity contribution is -0.143. The number of halogens is 3. The number of carbonyl (C=O) groups is 2. The standard InChI is InChI=1S/C22H38Cl3NO4/c1-18(27)30-17-20(16-29-2)26-22(28)15-11-6-4-3-5-8-12-19(23)13-9-7-10-14-21(24)25/h4,6,19-21H,3,5,7-17H2,1-2H3,(H,26,28)/b6-4+. The molecule has 5 nitrogen and oxygen atoms in total. The molecule has 0 bridgehead atoms. The molecule has 0 spiro atoms. The number of alkyl halides is 3. The Hall–Kier alpha value is -0.490. The van der Waals surface area contributed by atoms with E-state index >= 15 is 0 Å². The lowest BCUT2D eigenvalue weighted by atomic mass is 10.1. The molecule has 2 atom stereocenters. The molecule has 0 saturated carbocycles. The number of hydrogen-bond donors (Lipinski definition) is 1. The molecule has 0 aromatic carbocycles. The SMILES string of the molecule is COCC(COC(C)=O)NC(=O)CC/C=C/CCCCC(Cl)CCCCCC(Cl)Cl. The van der Waals surface area contributed by atoms with Crippen LogP contribution in [0.3, 0.4) is 0 Å². The van der Waals surface area contributed by atoms with E-state index in [4.69, 9.17) is 44.3 Å². The molecule has 0 heterocycles. The van der Waals surface area contributed by atoms with Crippen molar-refractivity contribution in [2.45, 2.75) is 93.8 Å². The fourth-order valence-electron chi connectivity index (χ4n) is 2.91. The lowest BCUT2D eigenvalue weighted by Gasteiger charge is -2.17. The summed E-state index contributed by atoms with van der Waals surface area (Å²) in [6, 6.07) is -0.323. The van der Waals surface area contributed by atoms with Crippen molar-refractivity contribution in [3.8, 4) is 0 Å². The molecular formula is C22H38Cl3NO4. The number of allylic oxidation sites excluding steroid dienone is 2. The lowest BCUT2D eigenvalue weighted by Crippen LogP contribution is -2.41. The van der Waals surface area contributed by atoms with Crippen molar-refractivity contribution in [1.82, 2.24) is 5.32 Å². The average molecular weight is 487 g/mol. The maximum Gasteiger partial charge on any atom is 0.302 e. The Morgan fingerprint density at radius 2 is 1.53 bits per heavy atom. The van der Waals surface area contributed by atoms with E-state index in [1.807, 2.05) is 6.08 Å². The minimum atomic E-state index is -0.374. The van der Waals surface area contributed by atoms with Gasteiger partial charge in [-0.25, -0.2) is 0 Å². The molecule has 1 amide bonds. The molecule has 8 heteroatoms. The van der Waals surface area contributed by atoms with Crippen molar-refractivity contribution in [2.75, 3.05) is 20.3 Å². The second-order valence-corrected chi connectivity index (χ2v) is 9.34. The van der Waals surface area contributed by atoms with E-state index < -0.39 is 0 Å². The van der Waals surface area contributed by atoms with Crippen molar-refractivity contribution in [3.05, 3.63) is 12.2 Å². The number of ether oxygens (including phenoxy) is 2. The van der Waals surface area contributed by atoms with Crippen molar-refractivity contribution in [1.29, 1.82) is 0 Å². The second-order valence-electron chi connectivity index (χ2n) is 7.44. The summed E-state index contributed by atoms with van der Waals surface area (Å²) in [5, 5.41) is 3.07. The second kappa shape index (κ2) is 20.4. The molecule has 0 radical (unpaired) electrons. The fraction of sp³-hybridized carbons (Fsp3) is 0.818. The molecule has 30 heavy (non-hydrogen) atoms. The Bertz CT molecular complexity index is 475. The predicted molar refractivity (Wildman–Crippen MR) is 126 cm³/mol. The van der Waals surface area contributed by atoms with Crippen LogP contribution in [0.15, 0.2) is 12.2 Å². The van der Waals surface area contributed by atoms with Crippen LogP contribution in [0.2, 0.25) is 0 Å². The van der Waals surface area contributed by atoms with Crippen LogP contribution in [0.5, 0.6) is 0 Å². The Morgan fingerprint density at radius 3 is 2.17 bits per heavy atom. The molecular weight excluding hydrogens is 449 g/mol. The normalized spacial score (nSPS) is 13.5. The summed E-state index contributed by atoms with van der Waals surface area (Å²) >= 11 is 17.8. The van der Waals surface area contributed by atoms with Gasteiger partial charge in [-0.05, 0) is 38.5 Å². The van der Waals surface area contributed by atoms with Gasteiger partial charge in [-0.1, -0.05) is 37.8 Å². The quantitative estimate of drug-likeness (QED) is 0.106. The molecule has 0 saturated heterocycles. The van der Waals surface area contributed by atoms with E-state index in [9.17, 15) is 9.59 Å². The van der Waals surface area contributed by atoms with Crippen LogP contribution in [0.25, 0.3) is 0 Å². The molecule has 0 rings (SSSR count). The van der Waals surface area contributed by atoms with E-state index in [1.165, 1.54) is 6.92 Å². The summed E-state index contributed by atoms with van der Waals surface area (Å²) in [6.07, 6.45) is 14.7. The summed E-state index contributed by atoms with van der Waals surface area (Å²) in [4.78, 5) is 22.6. The van der Waals surface area contributed by atoms with Crippen molar-refractivity contribution in [2.24, 2.45) is 0 Å². The summed E-state index contributed by atoms with van der Waals surface area (Å²) in [5.74, 6) is -0.451. The van der Waals surface area contributed by atoms with Crippen LogP contribution in [0.4, 0.5) is 0 Å². The van der Waals surface area contributed by atoms with Crippen LogP contribution < -0.4 is 5.32 Å². The van der Waals surface area contributed by atoms with Gasteiger partial charge in [-0.15, -0.1) is 34.8 Å². The van der Waals surface area contributed by atoms with Crippen molar-refractivity contribution >= 4 is 46.7 Å². The number of carbonyl (C=O) groups excluding carboxylic acids is 2. The Balaban J connectivity index is 3.68. The first-order valence-corrected chi connectivity index (χ1v) is 12.1. The van der Waals surface area contributed by atoms with Gasteiger partial charge in [0.1, 0.15) is 11.4 Å². The average Bonchev–Trinajstić information content (AvgIpc) is 2.67. The monoisotopic (exact) mass is 485 g/mol. The largest absolute Gasteiger partial charge is 0.464 e. The van der Waals surface area contributed by atoms with Gasteiger partial charge >= 0.3 is 5.97 Å². The minimum Gasteiger partial charge on any atom is -0.464 e. The number of unbranched alkanes of at least 4 members (excludes halogenated alkanes) is 4. The zero-order valence-corrected chi connectivity index (χ0v) is 20.6. The predicted octanol–water partition coefficient (Wildman–Crippen LogP) is 5.94. The topological polar surface area (TPSA) is 64.6 Å². The highest BCUT2D eigenvalue weighted by molar-refractivity contribution is 6.44. The fourth-order valence-corrected chi connectivity index (χ4v) is 3.53. The van der Waals surface area contributed by atoms with E-state index in [0.29, 0.717) is 19.4 Å². The molecule has 0 fully saturated rings. The summed E-state index contributed by atoms with van der Waals surface area (Å²) < 4.78 is 9.97. The third kappa shape index (κ3) is 20.8. The van der Waals surface area contributed by atoms with E-state index in [2.05, 4.69) is 11.4 Å². The van der Waals surface area contributed by atoms with Gasteiger partial charge in [-0.3, -0.25) is 9.59 Å². The minimum absolute atomic E-state index is 0.0774. The smallest absolute Gasteiger partial charge is 0.302 e. The third-order valence-corrected chi connectivity index (χ3v) is 5.38. The van der Waals surface area contributed by atoms with Crippen LogP contribution in [0, 0.1) is 0 Å². The van der Waals surface area contributed by atoms with Gasteiger partial charge in [0.15, 0.2) is 0 Å². The van der Waals surface area contributed by atoms with Crippen molar-refractivity contribution in [3.63, 3.8) is 0 Å². The van der Waals surface area contributed by atoms with Gasteiger partial charge in [0, 0.05) is 25.8 Å². The number of esters is 1. The highest BCUT2D eigenvalue weighted by Gasteiger charge is 2.13. The third-order valence-electron chi connectivity index (χ3n) is 4.50. The number of rotatable bonds is 19. The highest BCUT2D eigenvalue weighted by Crippen LogP contribution is 2.18. The molecule has 0 aromatic heterocycles. The highest BCUT2D eigenvalue weighted by atomic mass is 35.5. The Kier molecular flexibility index (Phi) is 20.1. The molecule has 1 N–H and O–H groups in total. The van der Waals surface area contributed by atoms with Gasteiger partial charge in [0.25, 0.3) is 0 Å². The van der Waals surface area contributed by atoms with E-state index in [1.54, 1.807) is 7.11 Å².